The third-order valence-corrected chi connectivity index (χ3v) is 2.46. The number of benzene rings is 1. The summed E-state index contributed by atoms with van der Waals surface area (Å²) in [5, 5.41) is 14.7. The number of nitrogens with zero attached hydrogens (tertiary/aromatic N) is 4. The third kappa shape index (κ3) is 3.04. The minimum Gasteiger partial charge on any atom is -0.288 e. The number of rotatable bonds is 4. The van der Waals surface area contributed by atoms with Crippen LogP contribution in [-0.2, 0) is 6.54 Å². The van der Waals surface area contributed by atoms with Gasteiger partial charge >= 0.3 is 0 Å². The number of aromatic nitrogens is 4. The second-order valence-corrected chi connectivity index (χ2v) is 4.11. The van der Waals surface area contributed by atoms with Crippen molar-refractivity contribution in [1.29, 1.82) is 0 Å². The number of anilines is 1. The van der Waals surface area contributed by atoms with Gasteiger partial charge in [-0.1, -0.05) is 23.6 Å². The summed E-state index contributed by atoms with van der Waals surface area (Å²) < 4.78 is 0. The van der Waals surface area contributed by atoms with Crippen molar-refractivity contribution in [3.63, 3.8) is 0 Å². The Labute approximate surface area is 109 Å². The van der Waals surface area contributed by atoms with E-state index in [1.54, 1.807) is 24.3 Å². The number of hydrogen-bond acceptors (Lipinski definition) is 4. The molecule has 94 valence electrons. The van der Waals surface area contributed by atoms with Crippen LogP contribution in [0, 0.1) is 0 Å². The zero-order valence-corrected chi connectivity index (χ0v) is 10.6. The standard InChI is InChI=1S/C11H12ClN5O/c1-2-7-17-15-11(14-16-17)13-10(18)8-3-5-9(12)6-4-8/h3-6H,2,7H2,1H3,(H,13,15,18). The maximum absolute atomic E-state index is 11.8. The van der Waals surface area contributed by atoms with Crippen molar-refractivity contribution in [1.82, 2.24) is 20.2 Å². The van der Waals surface area contributed by atoms with Crippen LogP contribution in [0.3, 0.4) is 0 Å². The molecular formula is C11H12ClN5O. The van der Waals surface area contributed by atoms with E-state index in [0.717, 1.165) is 6.42 Å². The van der Waals surface area contributed by atoms with Crippen LogP contribution >= 0.6 is 11.6 Å². The maximum atomic E-state index is 11.8. The minimum atomic E-state index is -0.289. The number of amides is 1. The van der Waals surface area contributed by atoms with E-state index in [1.807, 2.05) is 6.92 Å². The van der Waals surface area contributed by atoms with Crippen LogP contribution in [0.15, 0.2) is 24.3 Å². The molecule has 2 aromatic rings. The Morgan fingerprint density at radius 1 is 1.39 bits per heavy atom. The lowest BCUT2D eigenvalue weighted by molar-refractivity contribution is 0.102. The van der Waals surface area contributed by atoms with Gasteiger partial charge in [-0.25, -0.2) is 0 Å². The normalized spacial score (nSPS) is 10.3. The average Bonchev–Trinajstić information content (AvgIpc) is 2.78. The number of hydrogen-bond donors (Lipinski definition) is 1. The Kier molecular flexibility index (Phi) is 3.88. The molecule has 0 aliphatic carbocycles. The van der Waals surface area contributed by atoms with Crippen LogP contribution in [0.5, 0.6) is 0 Å². The number of carbonyl (C=O) groups is 1. The molecule has 0 aliphatic heterocycles. The fraction of sp³-hybridized carbons (Fsp3) is 0.273. The Balaban J connectivity index is 2.04. The van der Waals surface area contributed by atoms with Gasteiger partial charge in [-0.15, -0.1) is 5.10 Å². The van der Waals surface area contributed by atoms with E-state index in [-0.39, 0.29) is 11.9 Å². The van der Waals surface area contributed by atoms with Gasteiger partial charge in [-0.2, -0.15) is 4.80 Å². The van der Waals surface area contributed by atoms with Gasteiger partial charge in [0.05, 0.1) is 6.54 Å². The molecule has 0 radical (unpaired) electrons. The summed E-state index contributed by atoms with van der Waals surface area (Å²) in [5.74, 6) is -0.0916. The molecule has 1 aromatic heterocycles. The lowest BCUT2D eigenvalue weighted by Gasteiger charge is -2.00. The molecule has 1 heterocycles. The van der Waals surface area contributed by atoms with Gasteiger partial charge in [0.2, 0.25) is 0 Å². The Hall–Kier alpha value is -1.95. The van der Waals surface area contributed by atoms with Crippen molar-refractivity contribution in [2.75, 3.05) is 5.32 Å². The Morgan fingerprint density at radius 3 is 2.78 bits per heavy atom. The number of halogens is 1. The van der Waals surface area contributed by atoms with Crippen molar-refractivity contribution < 1.29 is 4.79 Å². The van der Waals surface area contributed by atoms with E-state index >= 15 is 0 Å². The summed E-state index contributed by atoms with van der Waals surface area (Å²) >= 11 is 5.74. The molecule has 2 rings (SSSR count). The fourth-order valence-electron chi connectivity index (χ4n) is 1.36. The zero-order chi connectivity index (χ0) is 13.0. The summed E-state index contributed by atoms with van der Waals surface area (Å²) in [6.45, 7) is 2.68. The van der Waals surface area contributed by atoms with Crippen molar-refractivity contribution in [2.45, 2.75) is 19.9 Å². The number of nitrogens with one attached hydrogen (secondary N) is 1. The lowest BCUT2D eigenvalue weighted by Crippen LogP contribution is -2.13. The van der Waals surface area contributed by atoms with Crippen LogP contribution in [-0.4, -0.2) is 26.1 Å². The number of aryl methyl sites for hydroxylation is 1. The van der Waals surface area contributed by atoms with E-state index < -0.39 is 0 Å². The van der Waals surface area contributed by atoms with Crippen LogP contribution in [0.2, 0.25) is 5.02 Å². The van der Waals surface area contributed by atoms with Crippen LogP contribution in [0.4, 0.5) is 5.95 Å². The third-order valence-electron chi connectivity index (χ3n) is 2.21. The predicted molar refractivity (Wildman–Crippen MR) is 67.5 cm³/mol. The summed E-state index contributed by atoms with van der Waals surface area (Å²) in [7, 11) is 0. The predicted octanol–water partition coefficient (Wildman–Crippen LogP) is 1.99. The quantitative estimate of drug-likeness (QED) is 0.918. The molecule has 0 spiro atoms. The first-order valence-electron chi connectivity index (χ1n) is 5.54. The molecule has 0 bridgehead atoms. The number of tetrazole rings is 1. The van der Waals surface area contributed by atoms with Gasteiger partial charge in [0.15, 0.2) is 0 Å². The van der Waals surface area contributed by atoms with Gasteiger partial charge < -0.3 is 0 Å². The highest BCUT2D eigenvalue weighted by atomic mass is 35.5. The van der Waals surface area contributed by atoms with Gasteiger partial charge in [0.1, 0.15) is 0 Å². The van der Waals surface area contributed by atoms with E-state index in [4.69, 9.17) is 11.6 Å². The van der Waals surface area contributed by atoms with Crippen molar-refractivity contribution >= 4 is 23.5 Å². The molecule has 0 saturated carbocycles. The molecule has 0 saturated heterocycles. The molecule has 18 heavy (non-hydrogen) atoms. The molecule has 1 amide bonds. The van der Waals surface area contributed by atoms with E-state index in [9.17, 15) is 4.79 Å². The van der Waals surface area contributed by atoms with Crippen molar-refractivity contribution in [2.24, 2.45) is 0 Å². The second-order valence-electron chi connectivity index (χ2n) is 3.67. The number of carbonyl (C=O) groups excluding carboxylic acids is 1. The Bertz CT molecular complexity index is 537. The molecule has 7 heteroatoms. The molecule has 0 atom stereocenters. The van der Waals surface area contributed by atoms with Gasteiger partial charge in [0, 0.05) is 10.6 Å². The smallest absolute Gasteiger partial charge is 0.270 e. The van der Waals surface area contributed by atoms with E-state index in [2.05, 4.69) is 20.7 Å². The highest BCUT2D eigenvalue weighted by Crippen LogP contribution is 2.10. The largest absolute Gasteiger partial charge is 0.288 e. The van der Waals surface area contributed by atoms with Gasteiger partial charge in [-0.3, -0.25) is 10.1 Å². The first-order valence-corrected chi connectivity index (χ1v) is 5.91. The summed E-state index contributed by atoms with van der Waals surface area (Å²) in [4.78, 5) is 13.3. The molecular weight excluding hydrogens is 254 g/mol. The van der Waals surface area contributed by atoms with Crippen LogP contribution in [0.1, 0.15) is 23.7 Å². The monoisotopic (exact) mass is 265 g/mol. The molecule has 0 fully saturated rings. The minimum absolute atomic E-state index is 0.198. The summed E-state index contributed by atoms with van der Waals surface area (Å²) in [5.41, 5.74) is 0.492. The molecule has 0 unspecified atom stereocenters. The fourth-order valence-corrected chi connectivity index (χ4v) is 1.49. The molecule has 1 aromatic carbocycles. The lowest BCUT2D eigenvalue weighted by atomic mass is 10.2. The van der Waals surface area contributed by atoms with Crippen LogP contribution in [0.25, 0.3) is 0 Å². The maximum Gasteiger partial charge on any atom is 0.270 e. The molecule has 0 aliphatic rings. The first-order chi connectivity index (χ1) is 8.69. The average molecular weight is 266 g/mol. The first kappa shape index (κ1) is 12.5. The SMILES string of the molecule is CCCn1nnc(NC(=O)c2ccc(Cl)cc2)n1. The van der Waals surface area contributed by atoms with Gasteiger partial charge in [-0.05, 0) is 35.9 Å². The second kappa shape index (κ2) is 5.59. The zero-order valence-electron chi connectivity index (χ0n) is 9.80. The van der Waals surface area contributed by atoms with Crippen LogP contribution < -0.4 is 5.32 Å². The van der Waals surface area contributed by atoms with Gasteiger partial charge in [0.25, 0.3) is 11.9 Å². The molecule has 1 N–H and O–H groups in total. The highest BCUT2D eigenvalue weighted by molar-refractivity contribution is 6.30. The van der Waals surface area contributed by atoms with E-state index in [1.165, 1.54) is 4.80 Å². The topological polar surface area (TPSA) is 72.7 Å². The Morgan fingerprint density at radius 2 is 2.11 bits per heavy atom. The van der Waals surface area contributed by atoms with Crippen molar-refractivity contribution in [3.05, 3.63) is 34.9 Å². The van der Waals surface area contributed by atoms with Crippen molar-refractivity contribution in [3.8, 4) is 0 Å². The van der Waals surface area contributed by atoms with E-state index in [0.29, 0.717) is 17.1 Å². The summed E-state index contributed by atoms with van der Waals surface area (Å²) in [6.07, 6.45) is 0.904. The molecule has 6 nitrogen and oxygen atoms in total. The summed E-state index contributed by atoms with van der Waals surface area (Å²) in [6, 6.07) is 6.57. The highest BCUT2D eigenvalue weighted by Gasteiger charge is 2.09.